The number of pyridine rings is 1. The average Bonchev–Trinajstić information content (AvgIpc) is 2.64. The summed E-state index contributed by atoms with van der Waals surface area (Å²) in [5, 5.41) is 6.25. The molecule has 1 heterocycles. The van der Waals surface area contributed by atoms with E-state index in [1.807, 2.05) is 90.6 Å². The van der Waals surface area contributed by atoms with Gasteiger partial charge in [0.1, 0.15) is 0 Å². The summed E-state index contributed by atoms with van der Waals surface area (Å²) in [6.07, 6.45) is 4.43. The van der Waals surface area contributed by atoms with Crippen LogP contribution in [0.5, 0.6) is 0 Å². The summed E-state index contributed by atoms with van der Waals surface area (Å²) in [5.41, 5.74) is 4.04. The monoisotopic (exact) mass is 332 g/mol. The van der Waals surface area contributed by atoms with Crippen LogP contribution in [-0.4, -0.2) is 5.91 Å². The standard InChI is InChI=1S/C21H21N3O/c1-17-11-14-24(15-12-17)16-13-21(25)23-20-9-7-19(8-10-20)22-18-5-3-2-4-6-18/h2-12,14-15,22H,13,16H2,1H3/p+1. The molecule has 4 nitrogen and oxygen atoms in total. The second kappa shape index (κ2) is 8.11. The Bertz CT molecular complexity index is 812. The van der Waals surface area contributed by atoms with Gasteiger partial charge in [-0.2, -0.15) is 0 Å². The summed E-state index contributed by atoms with van der Waals surface area (Å²) in [4.78, 5) is 12.1. The molecule has 0 aliphatic heterocycles. The average molecular weight is 332 g/mol. The van der Waals surface area contributed by atoms with Crippen molar-refractivity contribution in [3.05, 3.63) is 84.7 Å². The van der Waals surface area contributed by atoms with E-state index in [1.54, 1.807) is 0 Å². The largest absolute Gasteiger partial charge is 0.356 e. The van der Waals surface area contributed by atoms with Crippen molar-refractivity contribution in [1.82, 2.24) is 0 Å². The number of hydrogen-bond donors (Lipinski definition) is 2. The first-order valence-electron chi connectivity index (χ1n) is 8.37. The molecule has 4 heteroatoms. The Hall–Kier alpha value is -3.14. The van der Waals surface area contributed by atoms with Gasteiger partial charge in [0.15, 0.2) is 18.9 Å². The summed E-state index contributed by atoms with van der Waals surface area (Å²) in [6, 6.07) is 21.8. The van der Waals surface area contributed by atoms with E-state index >= 15 is 0 Å². The minimum Gasteiger partial charge on any atom is -0.356 e. The maximum absolute atomic E-state index is 12.1. The minimum atomic E-state index is 0.0110. The Labute approximate surface area is 148 Å². The molecule has 1 amide bonds. The van der Waals surface area contributed by atoms with Gasteiger partial charge < -0.3 is 10.6 Å². The van der Waals surface area contributed by atoms with Crippen LogP contribution in [0.3, 0.4) is 0 Å². The van der Waals surface area contributed by atoms with Gasteiger partial charge in [-0.3, -0.25) is 4.79 Å². The van der Waals surface area contributed by atoms with Crippen molar-refractivity contribution >= 4 is 23.0 Å². The Morgan fingerprint density at radius 2 is 1.44 bits per heavy atom. The van der Waals surface area contributed by atoms with E-state index in [0.29, 0.717) is 13.0 Å². The first-order valence-corrected chi connectivity index (χ1v) is 8.37. The van der Waals surface area contributed by atoms with Gasteiger partial charge >= 0.3 is 0 Å². The molecule has 2 aromatic carbocycles. The zero-order valence-electron chi connectivity index (χ0n) is 14.3. The van der Waals surface area contributed by atoms with Gasteiger partial charge in [0.05, 0.1) is 6.42 Å². The van der Waals surface area contributed by atoms with Crippen LogP contribution in [0.15, 0.2) is 79.1 Å². The van der Waals surface area contributed by atoms with E-state index in [1.165, 1.54) is 5.56 Å². The summed E-state index contributed by atoms with van der Waals surface area (Å²) < 4.78 is 2.01. The van der Waals surface area contributed by atoms with Crippen LogP contribution in [0.25, 0.3) is 0 Å². The Kier molecular flexibility index (Phi) is 5.42. The van der Waals surface area contributed by atoms with Crippen molar-refractivity contribution in [2.45, 2.75) is 19.9 Å². The van der Waals surface area contributed by atoms with Crippen molar-refractivity contribution in [2.24, 2.45) is 0 Å². The number of benzene rings is 2. The molecule has 3 rings (SSSR count). The van der Waals surface area contributed by atoms with E-state index in [-0.39, 0.29) is 5.91 Å². The topological polar surface area (TPSA) is 45.0 Å². The summed E-state index contributed by atoms with van der Waals surface area (Å²) in [5.74, 6) is 0.0110. The van der Waals surface area contributed by atoms with Gasteiger partial charge in [0.25, 0.3) is 0 Å². The van der Waals surface area contributed by atoms with E-state index in [2.05, 4.69) is 10.6 Å². The Balaban J connectivity index is 1.50. The molecule has 0 radical (unpaired) electrons. The van der Waals surface area contributed by atoms with Crippen molar-refractivity contribution < 1.29 is 9.36 Å². The van der Waals surface area contributed by atoms with Crippen molar-refractivity contribution in [3.63, 3.8) is 0 Å². The van der Waals surface area contributed by atoms with Crippen LogP contribution in [0, 0.1) is 6.92 Å². The first-order chi connectivity index (χ1) is 12.2. The summed E-state index contributed by atoms with van der Waals surface area (Å²) >= 11 is 0. The van der Waals surface area contributed by atoms with Crippen molar-refractivity contribution in [1.29, 1.82) is 0 Å². The van der Waals surface area contributed by atoms with Crippen LogP contribution >= 0.6 is 0 Å². The molecule has 0 atom stereocenters. The zero-order valence-corrected chi connectivity index (χ0v) is 14.3. The number of aryl methyl sites for hydroxylation is 2. The van der Waals surface area contributed by atoms with Gasteiger partial charge in [-0.05, 0) is 48.9 Å². The molecule has 0 aliphatic carbocycles. The second-order valence-electron chi connectivity index (χ2n) is 5.98. The van der Waals surface area contributed by atoms with Gasteiger partial charge in [-0.1, -0.05) is 18.2 Å². The highest BCUT2D eigenvalue weighted by atomic mass is 16.1. The van der Waals surface area contributed by atoms with E-state index in [0.717, 1.165) is 17.1 Å². The molecule has 126 valence electrons. The number of aromatic nitrogens is 1. The summed E-state index contributed by atoms with van der Waals surface area (Å²) in [6.45, 7) is 2.72. The second-order valence-corrected chi connectivity index (χ2v) is 5.98. The number of anilines is 3. The number of amides is 1. The molecule has 25 heavy (non-hydrogen) atoms. The molecule has 3 aromatic rings. The number of para-hydroxylation sites is 1. The lowest BCUT2D eigenvalue weighted by molar-refractivity contribution is -0.695. The molecular formula is C21H22N3O+. The lowest BCUT2D eigenvalue weighted by Crippen LogP contribution is -2.34. The molecule has 0 saturated heterocycles. The van der Waals surface area contributed by atoms with Crippen LogP contribution in [0.2, 0.25) is 0 Å². The lowest BCUT2D eigenvalue weighted by Gasteiger charge is -2.08. The fourth-order valence-corrected chi connectivity index (χ4v) is 2.46. The van der Waals surface area contributed by atoms with Crippen molar-refractivity contribution in [3.8, 4) is 0 Å². The van der Waals surface area contributed by atoms with E-state index < -0.39 is 0 Å². The number of nitrogens with zero attached hydrogens (tertiary/aromatic N) is 1. The minimum absolute atomic E-state index is 0.0110. The highest BCUT2D eigenvalue weighted by Crippen LogP contribution is 2.18. The molecule has 0 fully saturated rings. The molecule has 1 aromatic heterocycles. The highest BCUT2D eigenvalue weighted by Gasteiger charge is 2.07. The molecule has 0 aliphatic rings. The molecule has 0 unspecified atom stereocenters. The predicted octanol–water partition coefficient (Wildman–Crippen LogP) is 4.05. The number of carbonyl (C=O) groups excluding carboxylic acids is 1. The maximum Gasteiger partial charge on any atom is 0.230 e. The maximum atomic E-state index is 12.1. The Morgan fingerprint density at radius 1 is 0.840 bits per heavy atom. The van der Waals surface area contributed by atoms with Gasteiger partial charge in [-0.25, -0.2) is 4.57 Å². The molecule has 0 saturated carbocycles. The fraction of sp³-hybridized carbons (Fsp3) is 0.143. The van der Waals surface area contributed by atoms with Crippen LogP contribution in [0.1, 0.15) is 12.0 Å². The normalized spacial score (nSPS) is 10.3. The number of carbonyl (C=O) groups is 1. The quantitative estimate of drug-likeness (QED) is 0.669. The fourth-order valence-electron chi connectivity index (χ4n) is 2.46. The predicted molar refractivity (Wildman–Crippen MR) is 101 cm³/mol. The summed E-state index contributed by atoms with van der Waals surface area (Å²) in [7, 11) is 0. The highest BCUT2D eigenvalue weighted by molar-refractivity contribution is 5.90. The van der Waals surface area contributed by atoms with E-state index in [4.69, 9.17) is 0 Å². The third-order valence-electron chi connectivity index (χ3n) is 3.89. The zero-order chi connectivity index (χ0) is 17.5. The van der Waals surface area contributed by atoms with Crippen LogP contribution in [-0.2, 0) is 11.3 Å². The van der Waals surface area contributed by atoms with Crippen LogP contribution < -0.4 is 15.2 Å². The molecular weight excluding hydrogens is 310 g/mol. The number of nitrogens with one attached hydrogen (secondary N) is 2. The van der Waals surface area contributed by atoms with Gasteiger partial charge in [0.2, 0.25) is 5.91 Å². The third kappa shape index (κ3) is 5.18. The Morgan fingerprint density at radius 3 is 2.12 bits per heavy atom. The van der Waals surface area contributed by atoms with Gasteiger partial charge in [0, 0.05) is 29.2 Å². The third-order valence-corrected chi connectivity index (χ3v) is 3.89. The van der Waals surface area contributed by atoms with Crippen LogP contribution in [0.4, 0.5) is 17.1 Å². The molecule has 2 N–H and O–H groups in total. The molecule has 0 bridgehead atoms. The number of hydrogen-bond acceptors (Lipinski definition) is 2. The van der Waals surface area contributed by atoms with Gasteiger partial charge in [-0.15, -0.1) is 0 Å². The first kappa shape index (κ1) is 16.7. The lowest BCUT2D eigenvalue weighted by atomic mass is 10.2. The number of rotatable bonds is 6. The SMILES string of the molecule is Cc1cc[n+](CCC(=O)Nc2ccc(Nc3ccccc3)cc2)cc1. The smallest absolute Gasteiger partial charge is 0.230 e. The molecule has 0 spiro atoms. The van der Waals surface area contributed by atoms with E-state index in [9.17, 15) is 4.79 Å². The van der Waals surface area contributed by atoms with Crippen molar-refractivity contribution in [2.75, 3.05) is 10.6 Å².